The van der Waals surface area contributed by atoms with Gasteiger partial charge in [-0.05, 0) is 56.7 Å². The molecule has 98 valence electrons. The first-order valence-corrected chi connectivity index (χ1v) is 6.37. The summed E-state index contributed by atoms with van der Waals surface area (Å²) >= 11 is 0. The topological polar surface area (TPSA) is 52.3 Å². The van der Waals surface area contributed by atoms with Gasteiger partial charge in [-0.3, -0.25) is 4.79 Å². The second-order valence-corrected chi connectivity index (χ2v) is 5.47. The zero-order valence-corrected chi connectivity index (χ0v) is 11.5. The molecule has 1 aliphatic carbocycles. The van der Waals surface area contributed by atoms with Gasteiger partial charge in [0.15, 0.2) is 5.78 Å². The van der Waals surface area contributed by atoms with Crippen LogP contribution in [0.2, 0.25) is 0 Å². The van der Waals surface area contributed by atoms with E-state index >= 15 is 0 Å². The number of Topliss-reactive ketones (excluding diaryl/α,β-unsaturated/α-hetero) is 1. The van der Waals surface area contributed by atoms with Gasteiger partial charge in [0.1, 0.15) is 5.75 Å². The second kappa shape index (κ2) is 4.39. The quantitative estimate of drug-likeness (QED) is 0.832. The van der Waals surface area contributed by atoms with Crippen LogP contribution in [0.3, 0.4) is 0 Å². The summed E-state index contributed by atoms with van der Waals surface area (Å²) in [7, 11) is 1.60. The molecule has 0 heterocycles. The number of ether oxygens (including phenoxy) is 1. The molecule has 1 unspecified atom stereocenters. The van der Waals surface area contributed by atoms with Gasteiger partial charge in [0.2, 0.25) is 0 Å². The molecule has 0 amide bonds. The van der Waals surface area contributed by atoms with Gasteiger partial charge in [0.25, 0.3) is 0 Å². The Morgan fingerprint density at radius 2 is 2.00 bits per heavy atom. The van der Waals surface area contributed by atoms with Gasteiger partial charge in [-0.2, -0.15) is 0 Å². The van der Waals surface area contributed by atoms with Crippen molar-refractivity contribution in [2.24, 2.45) is 11.7 Å². The summed E-state index contributed by atoms with van der Waals surface area (Å²) in [6, 6.07) is 3.78. The number of hydrogen-bond acceptors (Lipinski definition) is 3. The molecule has 3 nitrogen and oxygen atoms in total. The molecule has 1 aliphatic rings. The fourth-order valence-electron chi connectivity index (χ4n) is 2.39. The van der Waals surface area contributed by atoms with E-state index in [-0.39, 0.29) is 5.78 Å². The molecule has 1 saturated carbocycles. The number of rotatable bonds is 4. The smallest absolute Gasteiger partial charge is 0.186 e. The van der Waals surface area contributed by atoms with E-state index in [1.807, 2.05) is 32.9 Å². The third kappa shape index (κ3) is 2.03. The summed E-state index contributed by atoms with van der Waals surface area (Å²) in [5.41, 5.74) is 8.17. The maximum atomic E-state index is 12.6. The lowest BCUT2D eigenvalue weighted by Crippen LogP contribution is -2.47. The molecule has 1 fully saturated rings. The molecular weight excluding hydrogens is 226 g/mol. The Morgan fingerprint density at radius 3 is 2.50 bits per heavy atom. The normalized spacial score (nSPS) is 18.3. The second-order valence-electron chi connectivity index (χ2n) is 5.47. The molecule has 0 saturated heterocycles. The van der Waals surface area contributed by atoms with Gasteiger partial charge in [-0.15, -0.1) is 0 Å². The van der Waals surface area contributed by atoms with Gasteiger partial charge in [-0.25, -0.2) is 0 Å². The predicted octanol–water partition coefficient (Wildman–Crippen LogP) is 2.62. The van der Waals surface area contributed by atoms with Crippen LogP contribution in [-0.2, 0) is 0 Å². The third-order valence-corrected chi connectivity index (χ3v) is 4.04. The molecule has 0 aliphatic heterocycles. The summed E-state index contributed by atoms with van der Waals surface area (Å²) in [6.07, 6.45) is 2.10. The van der Waals surface area contributed by atoms with E-state index in [2.05, 4.69) is 0 Å². The minimum atomic E-state index is -0.769. The van der Waals surface area contributed by atoms with Crippen LogP contribution in [0.4, 0.5) is 0 Å². The number of ketones is 1. The lowest BCUT2D eigenvalue weighted by molar-refractivity contribution is 0.0880. The SMILES string of the molecule is COc1c(C(=O)C(C)(N)C2CC2)ccc(C)c1C. The lowest BCUT2D eigenvalue weighted by atomic mass is 9.86. The number of carbonyl (C=O) groups is 1. The minimum Gasteiger partial charge on any atom is -0.496 e. The Hall–Kier alpha value is -1.35. The Balaban J connectivity index is 2.45. The first-order valence-electron chi connectivity index (χ1n) is 6.37. The highest BCUT2D eigenvalue weighted by Gasteiger charge is 2.45. The van der Waals surface area contributed by atoms with Gasteiger partial charge in [0.05, 0.1) is 18.2 Å². The van der Waals surface area contributed by atoms with Crippen LogP contribution in [0.25, 0.3) is 0 Å². The molecular formula is C15H21NO2. The Kier molecular flexibility index (Phi) is 3.20. The van der Waals surface area contributed by atoms with Crippen molar-refractivity contribution < 1.29 is 9.53 Å². The summed E-state index contributed by atoms with van der Waals surface area (Å²) < 4.78 is 5.40. The molecule has 2 N–H and O–H groups in total. The number of benzene rings is 1. The highest BCUT2D eigenvalue weighted by molar-refractivity contribution is 6.05. The molecule has 0 radical (unpaired) electrons. The zero-order chi connectivity index (χ0) is 13.5. The molecule has 1 aromatic carbocycles. The first kappa shape index (κ1) is 13.1. The summed E-state index contributed by atoms with van der Waals surface area (Å²) in [5.74, 6) is 0.971. The van der Waals surface area contributed by atoms with Gasteiger partial charge in [-0.1, -0.05) is 6.07 Å². The molecule has 18 heavy (non-hydrogen) atoms. The third-order valence-electron chi connectivity index (χ3n) is 4.04. The number of nitrogens with two attached hydrogens (primary N) is 1. The molecule has 0 spiro atoms. The Morgan fingerprint density at radius 1 is 1.39 bits per heavy atom. The lowest BCUT2D eigenvalue weighted by Gasteiger charge is -2.24. The van der Waals surface area contributed by atoms with E-state index in [1.54, 1.807) is 7.11 Å². The predicted molar refractivity (Wildman–Crippen MR) is 72.1 cm³/mol. The molecule has 1 aromatic rings. The molecule has 2 rings (SSSR count). The van der Waals surface area contributed by atoms with Crippen molar-refractivity contribution in [3.05, 3.63) is 28.8 Å². The maximum Gasteiger partial charge on any atom is 0.186 e. The van der Waals surface area contributed by atoms with Gasteiger partial charge < -0.3 is 10.5 Å². The Labute approximate surface area is 108 Å². The van der Waals surface area contributed by atoms with Crippen molar-refractivity contribution in [2.45, 2.75) is 39.2 Å². The maximum absolute atomic E-state index is 12.6. The largest absolute Gasteiger partial charge is 0.496 e. The fraction of sp³-hybridized carbons (Fsp3) is 0.533. The number of carbonyl (C=O) groups excluding carboxylic acids is 1. The molecule has 1 atom stereocenters. The van der Waals surface area contributed by atoms with Crippen LogP contribution in [-0.4, -0.2) is 18.4 Å². The summed E-state index contributed by atoms with van der Waals surface area (Å²) in [4.78, 5) is 12.6. The number of methoxy groups -OCH3 is 1. The average molecular weight is 247 g/mol. The van der Waals surface area contributed by atoms with Crippen molar-refractivity contribution in [2.75, 3.05) is 7.11 Å². The van der Waals surface area contributed by atoms with Crippen LogP contribution in [0.1, 0.15) is 41.3 Å². The van der Waals surface area contributed by atoms with Crippen LogP contribution < -0.4 is 10.5 Å². The highest BCUT2D eigenvalue weighted by atomic mass is 16.5. The fourth-order valence-corrected chi connectivity index (χ4v) is 2.39. The summed E-state index contributed by atoms with van der Waals surface area (Å²) in [6.45, 7) is 5.81. The van der Waals surface area contributed by atoms with E-state index in [1.165, 1.54) is 0 Å². The molecule has 3 heteroatoms. The highest BCUT2D eigenvalue weighted by Crippen LogP contribution is 2.41. The first-order chi connectivity index (χ1) is 8.39. The zero-order valence-electron chi connectivity index (χ0n) is 11.5. The van der Waals surface area contributed by atoms with Crippen molar-refractivity contribution in [3.8, 4) is 5.75 Å². The number of hydrogen-bond donors (Lipinski definition) is 1. The molecule has 0 bridgehead atoms. The summed E-state index contributed by atoms with van der Waals surface area (Å²) in [5, 5.41) is 0. The van der Waals surface area contributed by atoms with Gasteiger partial charge >= 0.3 is 0 Å². The van der Waals surface area contributed by atoms with E-state index in [9.17, 15) is 4.79 Å². The van der Waals surface area contributed by atoms with Crippen LogP contribution >= 0.6 is 0 Å². The van der Waals surface area contributed by atoms with E-state index in [0.29, 0.717) is 17.2 Å². The van der Waals surface area contributed by atoms with Crippen LogP contribution in [0.15, 0.2) is 12.1 Å². The van der Waals surface area contributed by atoms with Crippen LogP contribution in [0, 0.1) is 19.8 Å². The molecule has 0 aromatic heterocycles. The average Bonchev–Trinajstić information content (AvgIpc) is 3.15. The van der Waals surface area contributed by atoms with Crippen molar-refractivity contribution in [3.63, 3.8) is 0 Å². The van der Waals surface area contributed by atoms with Gasteiger partial charge in [0, 0.05) is 0 Å². The minimum absolute atomic E-state index is 0.00931. The van der Waals surface area contributed by atoms with Crippen molar-refractivity contribution in [1.29, 1.82) is 0 Å². The van der Waals surface area contributed by atoms with E-state index < -0.39 is 5.54 Å². The standard InChI is InChI=1S/C15H21NO2/c1-9-5-8-12(13(18-4)10(9)2)14(17)15(3,16)11-6-7-11/h5,8,11H,6-7,16H2,1-4H3. The van der Waals surface area contributed by atoms with E-state index in [4.69, 9.17) is 10.5 Å². The van der Waals surface area contributed by atoms with Crippen molar-refractivity contribution >= 4 is 5.78 Å². The van der Waals surface area contributed by atoms with E-state index in [0.717, 1.165) is 24.0 Å². The number of aryl methyl sites for hydroxylation is 1. The van der Waals surface area contributed by atoms with Crippen LogP contribution in [0.5, 0.6) is 5.75 Å². The Bertz CT molecular complexity index is 488. The monoisotopic (exact) mass is 247 g/mol. The van der Waals surface area contributed by atoms with Crippen molar-refractivity contribution in [1.82, 2.24) is 0 Å².